The van der Waals surface area contributed by atoms with Gasteiger partial charge in [0.05, 0.1) is 6.61 Å². The number of fused-ring (bicyclic) bond motifs is 3. The van der Waals surface area contributed by atoms with Crippen LogP contribution in [0.4, 0.5) is 0 Å². The highest BCUT2D eigenvalue weighted by Crippen LogP contribution is 2.58. The average Bonchev–Trinajstić information content (AvgIpc) is 2.72. The van der Waals surface area contributed by atoms with Crippen molar-refractivity contribution in [2.45, 2.75) is 109 Å². The SMILES string of the molecule is CC(C)c1c(O[C@@H]2O[C@H](CO)[C@@H](O)[C@H](O)[C@H]2O)ccc2c1CC[C@H]1C(C)(C)CCC[C@]21C. The van der Waals surface area contributed by atoms with Crippen LogP contribution in [0.1, 0.15) is 82.9 Å². The first-order valence-corrected chi connectivity index (χ1v) is 12.1. The maximum atomic E-state index is 10.5. The number of aliphatic hydroxyl groups excluding tert-OH is 4. The number of ether oxygens (including phenoxy) is 2. The van der Waals surface area contributed by atoms with Gasteiger partial charge in [-0.25, -0.2) is 0 Å². The smallest absolute Gasteiger partial charge is 0.229 e. The van der Waals surface area contributed by atoms with Crippen LogP contribution >= 0.6 is 0 Å². The fraction of sp³-hybridized carbons (Fsp3) is 0.769. The largest absolute Gasteiger partial charge is 0.462 e. The molecule has 1 heterocycles. The molecule has 1 aromatic carbocycles. The Labute approximate surface area is 191 Å². The molecule has 3 aliphatic rings. The first-order valence-electron chi connectivity index (χ1n) is 12.1. The number of hydrogen-bond donors (Lipinski definition) is 4. The van der Waals surface area contributed by atoms with E-state index in [1.54, 1.807) is 0 Å². The normalized spacial score (nSPS) is 38.8. The van der Waals surface area contributed by atoms with Crippen molar-refractivity contribution in [1.29, 1.82) is 0 Å². The highest BCUT2D eigenvalue weighted by Gasteiger charge is 2.50. The molecule has 0 bridgehead atoms. The Morgan fingerprint density at radius 1 is 1.06 bits per heavy atom. The molecule has 0 radical (unpaired) electrons. The van der Waals surface area contributed by atoms with E-state index in [9.17, 15) is 20.4 Å². The van der Waals surface area contributed by atoms with Crippen molar-refractivity contribution >= 4 is 0 Å². The van der Waals surface area contributed by atoms with E-state index in [1.807, 2.05) is 6.07 Å². The molecule has 1 saturated heterocycles. The zero-order valence-electron chi connectivity index (χ0n) is 20.0. The molecule has 0 amide bonds. The monoisotopic (exact) mass is 448 g/mol. The molecular formula is C26H40O6. The number of hydrogen-bond acceptors (Lipinski definition) is 6. The number of rotatable bonds is 4. The minimum Gasteiger partial charge on any atom is -0.462 e. The summed E-state index contributed by atoms with van der Waals surface area (Å²) in [7, 11) is 0. The minimum absolute atomic E-state index is 0.140. The molecule has 2 fully saturated rings. The summed E-state index contributed by atoms with van der Waals surface area (Å²) in [5.74, 6) is 1.50. The third kappa shape index (κ3) is 3.78. The summed E-state index contributed by atoms with van der Waals surface area (Å²) in [6.07, 6.45) is -0.548. The van der Waals surface area contributed by atoms with Crippen molar-refractivity contribution in [3.05, 3.63) is 28.8 Å². The van der Waals surface area contributed by atoms with Gasteiger partial charge in [0.25, 0.3) is 0 Å². The molecule has 1 aromatic rings. The highest BCUT2D eigenvalue weighted by molar-refractivity contribution is 5.51. The molecule has 180 valence electrons. The molecule has 2 aliphatic carbocycles. The third-order valence-electron chi connectivity index (χ3n) is 8.51. The van der Waals surface area contributed by atoms with Crippen LogP contribution in [-0.2, 0) is 16.6 Å². The summed E-state index contributed by atoms with van der Waals surface area (Å²) in [6, 6.07) is 4.17. The van der Waals surface area contributed by atoms with Crippen LogP contribution in [0.5, 0.6) is 5.75 Å². The minimum atomic E-state index is -1.45. The Bertz CT molecular complexity index is 834. The standard InChI is InChI=1S/C26H40O6/c1-14(2)20-15-7-10-19-25(3,4)11-6-12-26(19,5)16(15)8-9-17(20)31-24-23(30)22(29)21(28)18(13-27)32-24/h8-9,14,18-19,21-24,27-30H,6-7,10-13H2,1-5H3/t18-,19+,21-,22+,23-,24-,26-/m1/s1. The van der Waals surface area contributed by atoms with E-state index in [2.05, 4.69) is 40.7 Å². The fourth-order valence-electron chi connectivity index (χ4n) is 6.92. The van der Waals surface area contributed by atoms with Gasteiger partial charge in [-0.2, -0.15) is 0 Å². The Morgan fingerprint density at radius 2 is 1.78 bits per heavy atom. The first-order chi connectivity index (χ1) is 15.0. The molecule has 4 N–H and O–H groups in total. The Morgan fingerprint density at radius 3 is 2.44 bits per heavy atom. The Hall–Kier alpha value is -1.18. The lowest BCUT2D eigenvalue weighted by Gasteiger charge is -2.55. The zero-order chi connectivity index (χ0) is 23.4. The molecule has 0 aromatic heterocycles. The van der Waals surface area contributed by atoms with Crippen molar-refractivity contribution in [2.75, 3.05) is 6.61 Å². The van der Waals surface area contributed by atoms with Crippen molar-refractivity contribution in [3.8, 4) is 5.75 Å². The Kier molecular flexibility index (Phi) is 6.40. The maximum absolute atomic E-state index is 10.5. The van der Waals surface area contributed by atoms with Crippen LogP contribution in [0.25, 0.3) is 0 Å². The molecule has 1 aliphatic heterocycles. The van der Waals surface area contributed by atoms with E-state index in [0.717, 1.165) is 18.4 Å². The van der Waals surface area contributed by atoms with Crippen LogP contribution in [0.3, 0.4) is 0 Å². The first kappa shape index (κ1) is 24.0. The topological polar surface area (TPSA) is 99.4 Å². The zero-order valence-corrected chi connectivity index (χ0v) is 20.0. The predicted molar refractivity (Wildman–Crippen MR) is 122 cm³/mol. The number of benzene rings is 1. The van der Waals surface area contributed by atoms with Crippen LogP contribution < -0.4 is 4.74 Å². The van der Waals surface area contributed by atoms with Gasteiger partial charge >= 0.3 is 0 Å². The molecule has 6 nitrogen and oxygen atoms in total. The van der Waals surface area contributed by atoms with Gasteiger partial charge in [-0.3, -0.25) is 0 Å². The summed E-state index contributed by atoms with van der Waals surface area (Å²) in [5.41, 5.74) is 4.36. The summed E-state index contributed by atoms with van der Waals surface area (Å²) < 4.78 is 11.7. The molecule has 32 heavy (non-hydrogen) atoms. The van der Waals surface area contributed by atoms with Gasteiger partial charge in [-0.1, -0.05) is 47.1 Å². The van der Waals surface area contributed by atoms with E-state index in [4.69, 9.17) is 9.47 Å². The number of aliphatic hydroxyl groups is 4. The Balaban J connectivity index is 1.71. The van der Waals surface area contributed by atoms with E-state index >= 15 is 0 Å². The second-order valence-corrected chi connectivity index (χ2v) is 11.3. The average molecular weight is 449 g/mol. The van der Waals surface area contributed by atoms with E-state index in [1.165, 1.54) is 30.4 Å². The quantitative estimate of drug-likeness (QED) is 0.565. The lowest BCUT2D eigenvalue weighted by molar-refractivity contribution is -0.277. The molecule has 6 heteroatoms. The van der Waals surface area contributed by atoms with Crippen LogP contribution in [0.15, 0.2) is 12.1 Å². The highest BCUT2D eigenvalue weighted by atomic mass is 16.7. The lowest BCUT2D eigenvalue weighted by atomic mass is 9.50. The van der Waals surface area contributed by atoms with Gasteiger partial charge in [-0.15, -0.1) is 0 Å². The summed E-state index contributed by atoms with van der Waals surface area (Å²) >= 11 is 0. The van der Waals surface area contributed by atoms with E-state index in [0.29, 0.717) is 17.1 Å². The summed E-state index contributed by atoms with van der Waals surface area (Å²) in [4.78, 5) is 0. The van der Waals surface area contributed by atoms with E-state index in [-0.39, 0.29) is 11.3 Å². The fourth-order valence-corrected chi connectivity index (χ4v) is 6.92. The van der Waals surface area contributed by atoms with Crippen molar-refractivity contribution in [3.63, 3.8) is 0 Å². The second-order valence-electron chi connectivity index (χ2n) is 11.3. The summed E-state index contributed by atoms with van der Waals surface area (Å²) in [6.45, 7) is 11.1. The van der Waals surface area contributed by atoms with Crippen molar-refractivity contribution in [1.82, 2.24) is 0 Å². The lowest BCUT2D eigenvalue weighted by Crippen LogP contribution is -2.60. The van der Waals surface area contributed by atoms with Gasteiger partial charge in [0.1, 0.15) is 30.2 Å². The molecule has 1 saturated carbocycles. The van der Waals surface area contributed by atoms with E-state index < -0.39 is 37.3 Å². The second kappa shape index (κ2) is 8.55. The molecule has 0 spiro atoms. The third-order valence-corrected chi connectivity index (χ3v) is 8.51. The molecular weight excluding hydrogens is 408 g/mol. The van der Waals surface area contributed by atoms with Crippen LogP contribution in [0.2, 0.25) is 0 Å². The van der Waals surface area contributed by atoms with Crippen molar-refractivity contribution < 1.29 is 29.9 Å². The molecule has 7 atom stereocenters. The van der Waals surface area contributed by atoms with Crippen molar-refractivity contribution in [2.24, 2.45) is 11.3 Å². The predicted octanol–water partition coefficient (Wildman–Crippen LogP) is 3.02. The van der Waals surface area contributed by atoms with Crippen LogP contribution in [0, 0.1) is 11.3 Å². The summed E-state index contributed by atoms with van der Waals surface area (Å²) in [5, 5.41) is 40.2. The van der Waals surface area contributed by atoms with Gasteiger partial charge in [-0.05, 0) is 65.5 Å². The van der Waals surface area contributed by atoms with Gasteiger partial charge < -0.3 is 29.9 Å². The molecule has 0 unspecified atom stereocenters. The van der Waals surface area contributed by atoms with Crippen LogP contribution in [-0.4, -0.2) is 57.7 Å². The maximum Gasteiger partial charge on any atom is 0.229 e. The van der Waals surface area contributed by atoms with Gasteiger partial charge in [0.2, 0.25) is 6.29 Å². The molecule has 4 rings (SSSR count). The van der Waals surface area contributed by atoms with Gasteiger partial charge in [0, 0.05) is 5.56 Å². The van der Waals surface area contributed by atoms with Gasteiger partial charge in [0.15, 0.2) is 0 Å².